The van der Waals surface area contributed by atoms with Crippen molar-refractivity contribution in [3.63, 3.8) is 0 Å². The lowest BCUT2D eigenvalue weighted by molar-refractivity contribution is -0.141. The number of anilines is 1. The summed E-state index contributed by atoms with van der Waals surface area (Å²) in [5.74, 6) is -1.27. The fourth-order valence-electron chi connectivity index (χ4n) is 1.93. The van der Waals surface area contributed by atoms with Crippen molar-refractivity contribution in [2.45, 2.75) is 39.9 Å². The number of carboxylic acids is 1. The Hall–Kier alpha value is -1.79. The highest BCUT2D eigenvalue weighted by Crippen LogP contribution is 2.31. The van der Waals surface area contributed by atoms with Crippen LogP contribution in [0.25, 0.3) is 0 Å². The van der Waals surface area contributed by atoms with Crippen LogP contribution in [-0.4, -0.2) is 28.6 Å². The number of rotatable bonds is 5. The largest absolute Gasteiger partial charge is 0.478 e. The maximum absolute atomic E-state index is 12.8. The lowest BCUT2D eigenvalue weighted by atomic mass is 10.1. The number of hydrogen-bond donors (Lipinski definition) is 1. The molecule has 0 aliphatic carbocycles. The van der Waals surface area contributed by atoms with Gasteiger partial charge in [0.2, 0.25) is 0 Å². The number of hydrogen-bond acceptors (Lipinski definition) is 3. The van der Waals surface area contributed by atoms with Crippen LogP contribution in [0.3, 0.4) is 0 Å². The molecular weight excluding hydrogens is 285 g/mol. The molecule has 0 radical (unpaired) electrons. The molecule has 0 bridgehead atoms. The normalized spacial score (nSPS) is 12.0. The Labute approximate surface area is 121 Å². The second-order valence-electron chi connectivity index (χ2n) is 5.51. The van der Waals surface area contributed by atoms with Crippen LogP contribution in [0.15, 0.2) is 12.1 Å². The molecule has 0 unspecified atom stereocenters. The molecule has 0 atom stereocenters. The molecule has 0 spiro atoms. The van der Waals surface area contributed by atoms with E-state index < -0.39 is 17.8 Å². The van der Waals surface area contributed by atoms with Gasteiger partial charge in [-0.1, -0.05) is 13.8 Å². The van der Waals surface area contributed by atoms with E-state index in [1.807, 2.05) is 13.8 Å². The molecule has 1 rings (SSSR count). The third kappa shape index (κ3) is 4.34. The van der Waals surface area contributed by atoms with Crippen LogP contribution in [0.4, 0.5) is 19.0 Å². The Morgan fingerprint density at radius 3 is 2.24 bits per heavy atom. The Kier molecular flexibility index (Phi) is 5.20. The first-order valence-electron chi connectivity index (χ1n) is 6.62. The van der Waals surface area contributed by atoms with Gasteiger partial charge in [-0.2, -0.15) is 13.2 Å². The molecule has 1 N–H and O–H groups in total. The number of halogens is 3. The first-order valence-corrected chi connectivity index (χ1v) is 6.62. The van der Waals surface area contributed by atoms with Crippen molar-refractivity contribution in [2.24, 2.45) is 5.92 Å². The Morgan fingerprint density at radius 1 is 1.29 bits per heavy atom. The van der Waals surface area contributed by atoms with E-state index in [1.165, 1.54) is 0 Å². The SMILES string of the molecule is CC(C)CN(c1nc(C(F)(F)F)ccc1C(=O)O)C(C)C. The molecule has 0 aliphatic rings. The minimum Gasteiger partial charge on any atom is -0.478 e. The van der Waals surface area contributed by atoms with Gasteiger partial charge >= 0.3 is 12.1 Å². The molecule has 0 aliphatic heterocycles. The second kappa shape index (κ2) is 6.32. The molecular formula is C14H19F3N2O2. The number of carboxylic acid groups (broad SMARTS) is 1. The van der Waals surface area contributed by atoms with Crippen LogP contribution >= 0.6 is 0 Å². The Bertz CT molecular complexity index is 513. The minimum absolute atomic E-state index is 0.138. The smallest absolute Gasteiger partial charge is 0.433 e. The summed E-state index contributed by atoms with van der Waals surface area (Å²) >= 11 is 0. The Balaban J connectivity index is 3.43. The lowest BCUT2D eigenvalue weighted by Crippen LogP contribution is -2.36. The zero-order valence-corrected chi connectivity index (χ0v) is 12.4. The monoisotopic (exact) mass is 304 g/mol. The van der Waals surface area contributed by atoms with Crippen molar-refractivity contribution in [3.05, 3.63) is 23.4 Å². The summed E-state index contributed by atoms with van der Waals surface area (Å²) < 4.78 is 38.4. The molecule has 1 aromatic heterocycles. The highest BCUT2D eigenvalue weighted by atomic mass is 19.4. The van der Waals surface area contributed by atoms with E-state index >= 15 is 0 Å². The third-order valence-electron chi connectivity index (χ3n) is 2.85. The fraction of sp³-hybridized carbons (Fsp3) is 0.571. The van der Waals surface area contributed by atoms with E-state index in [0.717, 1.165) is 6.07 Å². The van der Waals surface area contributed by atoms with Gasteiger partial charge in [-0.25, -0.2) is 9.78 Å². The van der Waals surface area contributed by atoms with Crippen molar-refractivity contribution < 1.29 is 23.1 Å². The van der Waals surface area contributed by atoms with Gasteiger partial charge < -0.3 is 10.0 Å². The van der Waals surface area contributed by atoms with Crippen LogP contribution in [0.5, 0.6) is 0 Å². The minimum atomic E-state index is -4.60. The number of nitrogens with zero attached hydrogens (tertiary/aromatic N) is 2. The Morgan fingerprint density at radius 2 is 1.86 bits per heavy atom. The molecule has 0 saturated heterocycles. The van der Waals surface area contributed by atoms with Gasteiger partial charge in [0.25, 0.3) is 0 Å². The predicted molar refractivity (Wildman–Crippen MR) is 73.5 cm³/mol. The summed E-state index contributed by atoms with van der Waals surface area (Å²) in [6, 6.07) is 1.49. The summed E-state index contributed by atoms with van der Waals surface area (Å²) in [5, 5.41) is 9.18. The van der Waals surface area contributed by atoms with Gasteiger partial charge in [-0.3, -0.25) is 0 Å². The number of pyridine rings is 1. The first-order chi connectivity index (χ1) is 9.54. The summed E-state index contributed by atoms with van der Waals surface area (Å²) in [5.41, 5.74) is -1.31. The lowest BCUT2D eigenvalue weighted by Gasteiger charge is -2.31. The maximum atomic E-state index is 12.8. The zero-order chi connectivity index (χ0) is 16.4. The quantitative estimate of drug-likeness (QED) is 0.902. The van der Waals surface area contributed by atoms with E-state index in [-0.39, 0.29) is 23.3 Å². The molecule has 0 aromatic carbocycles. The highest BCUT2D eigenvalue weighted by molar-refractivity contribution is 5.93. The second-order valence-corrected chi connectivity index (χ2v) is 5.51. The van der Waals surface area contributed by atoms with Crippen molar-refractivity contribution in [3.8, 4) is 0 Å². The molecule has 1 heterocycles. The van der Waals surface area contributed by atoms with E-state index in [4.69, 9.17) is 0 Å². The molecule has 0 saturated carbocycles. The summed E-state index contributed by atoms with van der Waals surface area (Å²) in [6.45, 7) is 7.81. The van der Waals surface area contributed by atoms with Gasteiger partial charge in [0, 0.05) is 12.6 Å². The molecule has 1 aromatic rings. The number of aromatic nitrogens is 1. The van der Waals surface area contributed by atoms with Gasteiger partial charge in [0.1, 0.15) is 17.1 Å². The standard InChI is InChI=1S/C14H19F3N2O2/c1-8(2)7-19(9(3)4)12-10(13(20)21)5-6-11(18-12)14(15,16)17/h5-6,8-9H,7H2,1-4H3,(H,20,21). The number of alkyl halides is 3. The highest BCUT2D eigenvalue weighted by Gasteiger charge is 2.34. The summed E-state index contributed by atoms with van der Waals surface area (Å²) in [6.07, 6.45) is -4.60. The van der Waals surface area contributed by atoms with Gasteiger partial charge in [-0.15, -0.1) is 0 Å². The van der Waals surface area contributed by atoms with Crippen LogP contribution in [0.1, 0.15) is 43.7 Å². The first kappa shape index (κ1) is 17.3. The van der Waals surface area contributed by atoms with Crippen molar-refractivity contribution in [1.82, 2.24) is 4.98 Å². The maximum Gasteiger partial charge on any atom is 0.433 e. The average molecular weight is 304 g/mol. The topological polar surface area (TPSA) is 53.4 Å². The van der Waals surface area contributed by atoms with Crippen LogP contribution in [-0.2, 0) is 6.18 Å². The van der Waals surface area contributed by atoms with Crippen molar-refractivity contribution >= 4 is 11.8 Å². The van der Waals surface area contributed by atoms with Crippen molar-refractivity contribution in [2.75, 3.05) is 11.4 Å². The van der Waals surface area contributed by atoms with Crippen LogP contribution in [0, 0.1) is 5.92 Å². The summed E-state index contributed by atoms with van der Waals surface area (Å²) in [4.78, 5) is 16.4. The van der Waals surface area contributed by atoms with Gasteiger partial charge in [0.05, 0.1) is 0 Å². The van der Waals surface area contributed by atoms with Gasteiger partial charge in [-0.05, 0) is 31.9 Å². The van der Waals surface area contributed by atoms with E-state index in [1.54, 1.807) is 18.7 Å². The molecule has 0 fully saturated rings. The molecule has 21 heavy (non-hydrogen) atoms. The zero-order valence-electron chi connectivity index (χ0n) is 12.4. The van der Waals surface area contributed by atoms with Crippen LogP contribution in [0.2, 0.25) is 0 Å². The molecule has 118 valence electrons. The summed E-state index contributed by atoms with van der Waals surface area (Å²) in [7, 11) is 0. The van der Waals surface area contributed by atoms with E-state index in [0.29, 0.717) is 12.6 Å². The van der Waals surface area contributed by atoms with Gasteiger partial charge in [0.15, 0.2) is 0 Å². The number of aromatic carboxylic acids is 1. The van der Waals surface area contributed by atoms with Crippen molar-refractivity contribution in [1.29, 1.82) is 0 Å². The van der Waals surface area contributed by atoms with E-state index in [2.05, 4.69) is 4.98 Å². The molecule has 4 nitrogen and oxygen atoms in total. The predicted octanol–water partition coefficient (Wildman–Crippen LogP) is 3.67. The average Bonchev–Trinajstić information content (AvgIpc) is 2.33. The van der Waals surface area contributed by atoms with Crippen LogP contribution < -0.4 is 4.90 Å². The fourth-order valence-corrected chi connectivity index (χ4v) is 1.93. The third-order valence-corrected chi connectivity index (χ3v) is 2.85. The number of carbonyl (C=O) groups is 1. The molecule has 0 amide bonds. The molecule has 7 heteroatoms. The van der Waals surface area contributed by atoms with E-state index in [9.17, 15) is 23.1 Å².